The fraction of sp³-hybridized carbons (Fsp3) is 0.231. The fourth-order valence-electron chi connectivity index (χ4n) is 3.09. The summed E-state index contributed by atoms with van der Waals surface area (Å²) in [7, 11) is 0. The van der Waals surface area contributed by atoms with E-state index < -0.39 is 5.60 Å². The molecule has 4 radical (unpaired) electrons. The minimum Gasteiger partial charge on any atom is 0 e. The Labute approximate surface area is 247 Å². The van der Waals surface area contributed by atoms with Gasteiger partial charge in [0.05, 0.1) is 0 Å². The summed E-state index contributed by atoms with van der Waals surface area (Å²) in [6.07, 6.45) is 6.59. The second-order valence-corrected chi connectivity index (χ2v) is 6.97. The average molecular weight is 658 g/mol. The number of nitrogens with zero attached hydrogens (tertiary/aromatic N) is 1. The number of rotatable bonds is 6. The number of likely N-dealkylation sites (tertiary alicyclic amines) is 1. The Kier molecular flexibility index (Phi) is 47.7. The van der Waals surface area contributed by atoms with Crippen LogP contribution in [0, 0.1) is 52.7 Å². The van der Waals surface area contributed by atoms with Crippen LogP contribution in [0.5, 0.6) is 0 Å². The van der Waals surface area contributed by atoms with Crippen LogP contribution in [0.1, 0.15) is 24.0 Å². The number of halogens is 1. The standard InChI is InChI=1S/C20H22BrNO.6CO.2Co/c21-19-11-9-18(10-12-19)20(23,17-7-2-1-3-8-17)13-6-16-22-14-4-5-15-22;6*1-2;;/h1-3,6-13,23H,4-5,14-16H2;;;;;;;;. The van der Waals surface area contributed by atoms with Gasteiger partial charge in [-0.1, -0.05) is 58.4 Å². The fourth-order valence-corrected chi connectivity index (χ4v) is 3.36. The predicted octanol–water partition coefficient (Wildman–Crippen LogP) is 3.96. The van der Waals surface area contributed by atoms with Crippen LogP contribution in [0.4, 0.5) is 0 Å². The van der Waals surface area contributed by atoms with Gasteiger partial charge in [0.15, 0.2) is 0 Å². The van der Waals surface area contributed by atoms with E-state index in [1.807, 2.05) is 61.0 Å². The van der Waals surface area contributed by atoms with Crippen molar-refractivity contribution in [1.29, 1.82) is 0 Å². The molecule has 2 aromatic rings. The third-order valence-corrected chi connectivity index (χ3v) is 4.95. The van der Waals surface area contributed by atoms with E-state index in [-0.39, 0.29) is 33.6 Å². The maximum atomic E-state index is 11.4. The first-order valence-corrected chi connectivity index (χ1v) is 10.1. The van der Waals surface area contributed by atoms with E-state index in [2.05, 4.69) is 67.2 Å². The summed E-state index contributed by atoms with van der Waals surface area (Å²) >= 11 is 3.46. The maximum Gasteiger partial charge on any atom is 0 e. The molecule has 0 saturated carbocycles. The van der Waals surface area contributed by atoms with E-state index in [9.17, 15) is 5.11 Å². The zero-order chi connectivity index (χ0) is 28.1. The third-order valence-electron chi connectivity index (χ3n) is 4.42. The number of aliphatic hydroxyl groups is 1. The molecule has 0 amide bonds. The van der Waals surface area contributed by atoms with E-state index >= 15 is 0 Å². The Hall–Kier alpha value is -1.71. The molecule has 0 aromatic heterocycles. The summed E-state index contributed by atoms with van der Waals surface area (Å²) in [6, 6.07) is 17.7. The first-order chi connectivity index (χ1) is 17.2. The van der Waals surface area contributed by atoms with Gasteiger partial charge in [-0.2, -0.15) is 0 Å². The van der Waals surface area contributed by atoms with Gasteiger partial charge in [0.1, 0.15) is 5.60 Å². The van der Waals surface area contributed by atoms with Crippen LogP contribution in [0.15, 0.2) is 59.1 Å². The van der Waals surface area contributed by atoms with Crippen LogP contribution >= 0.6 is 15.9 Å². The molecule has 2 aromatic carbocycles. The zero-order valence-electron chi connectivity index (χ0n) is 19.3. The van der Waals surface area contributed by atoms with Gasteiger partial charge in [0, 0.05) is 51.0 Å². The molecule has 198 valence electrons. The van der Waals surface area contributed by atoms with Gasteiger partial charge in [-0.15, -0.1) is 0 Å². The van der Waals surface area contributed by atoms with Crippen LogP contribution in [-0.2, 0) is 67.1 Å². The SMILES string of the molecule is OC([CH][CH]CN1CCCC1)(c1ccccc1)c1ccc(Br)cc1.[C-]#[O+].[C-]#[O+].[C-]#[O+].[C-]#[O+].[C-]#[O+].[C-]#[O+].[Co].[Co]. The summed E-state index contributed by atoms with van der Waals surface area (Å²) in [4.78, 5) is 2.42. The van der Waals surface area contributed by atoms with Gasteiger partial charge >= 0.3 is 67.8 Å². The number of hydrogen-bond donors (Lipinski definition) is 1. The molecule has 1 heterocycles. The van der Waals surface area contributed by atoms with E-state index in [4.69, 9.17) is 27.9 Å². The van der Waals surface area contributed by atoms with Crippen LogP contribution < -0.4 is 0 Å². The van der Waals surface area contributed by atoms with Crippen molar-refractivity contribution in [3.8, 4) is 0 Å². The van der Waals surface area contributed by atoms with Crippen molar-refractivity contribution < 1.29 is 66.6 Å². The molecule has 8 nitrogen and oxygen atoms in total. The Bertz CT molecular complexity index is 832. The average Bonchev–Trinajstić information content (AvgIpc) is 3.50. The van der Waals surface area contributed by atoms with Crippen LogP contribution in [0.25, 0.3) is 0 Å². The monoisotopic (exact) mass is 657 g/mol. The molecule has 0 aliphatic carbocycles. The molecular weight excluding hydrogens is 636 g/mol. The largest absolute Gasteiger partial charge is 0 e. The van der Waals surface area contributed by atoms with Gasteiger partial charge in [0.2, 0.25) is 0 Å². The van der Waals surface area contributed by atoms with E-state index in [1.165, 1.54) is 12.8 Å². The summed E-state index contributed by atoms with van der Waals surface area (Å²) in [5.41, 5.74) is 0.673. The van der Waals surface area contributed by atoms with E-state index in [1.54, 1.807) is 0 Å². The predicted molar refractivity (Wildman–Crippen MR) is 121 cm³/mol. The van der Waals surface area contributed by atoms with E-state index in [0.29, 0.717) is 0 Å². The number of hydrogen-bond acceptors (Lipinski definition) is 2. The van der Waals surface area contributed by atoms with E-state index in [0.717, 1.165) is 35.2 Å². The first kappa shape index (κ1) is 48.4. The molecule has 1 saturated heterocycles. The summed E-state index contributed by atoms with van der Waals surface area (Å²) in [5.74, 6) is 0. The van der Waals surface area contributed by atoms with Gasteiger partial charge in [-0.3, -0.25) is 0 Å². The van der Waals surface area contributed by atoms with Crippen molar-refractivity contribution in [3.05, 3.63) is 123 Å². The van der Waals surface area contributed by atoms with Gasteiger partial charge in [-0.25, -0.2) is 0 Å². The molecule has 1 aliphatic heterocycles. The Balaban J connectivity index is -0.000000152. The molecule has 0 spiro atoms. The number of benzene rings is 2. The van der Waals surface area contributed by atoms with Crippen molar-refractivity contribution in [1.82, 2.24) is 4.90 Å². The Morgan fingerprint density at radius 3 is 1.49 bits per heavy atom. The van der Waals surface area contributed by atoms with Crippen LogP contribution in [-0.4, -0.2) is 29.6 Å². The van der Waals surface area contributed by atoms with Gasteiger partial charge in [0.25, 0.3) is 0 Å². The second-order valence-electron chi connectivity index (χ2n) is 6.05. The van der Waals surface area contributed by atoms with Gasteiger partial charge in [-0.05, 0) is 55.6 Å². The quantitative estimate of drug-likeness (QED) is 0.371. The second kappa shape index (κ2) is 36.4. The van der Waals surface area contributed by atoms with Gasteiger partial charge < -0.3 is 10.0 Å². The molecule has 11 heteroatoms. The van der Waals surface area contributed by atoms with Crippen molar-refractivity contribution in [2.75, 3.05) is 19.6 Å². The molecule has 1 unspecified atom stereocenters. The van der Waals surface area contributed by atoms with Crippen molar-refractivity contribution in [2.45, 2.75) is 18.4 Å². The van der Waals surface area contributed by atoms with Crippen LogP contribution in [0.2, 0.25) is 0 Å². The van der Waals surface area contributed by atoms with Crippen molar-refractivity contribution >= 4 is 15.9 Å². The minimum absolute atomic E-state index is 0. The zero-order valence-corrected chi connectivity index (χ0v) is 22.9. The van der Waals surface area contributed by atoms with Crippen molar-refractivity contribution in [2.24, 2.45) is 0 Å². The van der Waals surface area contributed by atoms with Crippen molar-refractivity contribution in [3.63, 3.8) is 0 Å². The van der Waals surface area contributed by atoms with Crippen LogP contribution in [0.3, 0.4) is 0 Å². The third kappa shape index (κ3) is 20.0. The summed E-state index contributed by atoms with van der Waals surface area (Å²) in [6.45, 7) is 30.2. The summed E-state index contributed by atoms with van der Waals surface area (Å²) < 4.78 is 46.0. The first-order valence-electron chi connectivity index (χ1n) is 9.35. The normalized spacial score (nSPS) is 11.5. The Morgan fingerprint density at radius 2 is 1.08 bits per heavy atom. The molecule has 1 N–H and O–H groups in total. The molecule has 1 fully saturated rings. The minimum atomic E-state index is -1.10. The topological polar surface area (TPSA) is 143 Å². The Morgan fingerprint density at radius 1 is 0.703 bits per heavy atom. The molecule has 0 bridgehead atoms. The molecule has 1 atom stereocenters. The molecular formula is C26H22BrCo2NO7. The molecule has 1 aliphatic rings. The molecule has 3 rings (SSSR count). The smallest absolute Gasteiger partial charge is 0 e. The molecule has 37 heavy (non-hydrogen) atoms. The summed E-state index contributed by atoms with van der Waals surface area (Å²) in [5, 5.41) is 11.4. The maximum absolute atomic E-state index is 11.4.